The van der Waals surface area contributed by atoms with Gasteiger partial charge in [0.25, 0.3) is 11.8 Å². The van der Waals surface area contributed by atoms with Crippen molar-refractivity contribution in [2.24, 2.45) is 0 Å². The molecule has 0 saturated heterocycles. The van der Waals surface area contributed by atoms with Crippen LogP contribution in [0.4, 0.5) is 0 Å². The summed E-state index contributed by atoms with van der Waals surface area (Å²) in [7, 11) is 0. The molecule has 2 rings (SSSR count). The summed E-state index contributed by atoms with van der Waals surface area (Å²) in [5, 5.41) is 6.15. The second-order valence-electron chi connectivity index (χ2n) is 6.66. The molecule has 0 heterocycles. The molecule has 5 nitrogen and oxygen atoms in total. The Balaban J connectivity index is 1.73. The van der Waals surface area contributed by atoms with E-state index in [4.69, 9.17) is 27.9 Å². The van der Waals surface area contributed by atoms with E-state index in [2.05, 4.69) is 24.5 Å². The first-order chi connectivity index (χ1) is 13.3. The van der Waals surface area contributed by atoms with Crippen LogP contribution in [0, 0.1) is 0 Å². The van der Waals surface area contributed by atoms with Crippen molar-refractivity contribution in [1.82, 2.24) is 10.6 Å². The third-order valence-electron chi connectivity index (χ3n) is 4.12. The molecule has 0 bridgehead atoms. The van der Waals surface area contributed by atoms with Gasteiger partial charge in [-0.2, -0.15) is 0 Å². The maximum atomic E-state index is 12.1. The van der Waals surface area contributed by atoms with Gasteiger partial charge in [0, 0.05) is 18.7 Å². The molecule has 2 aromatic carbocycles. The standard InChI is InChI=1S/C21H24Cl2N2O3/c1-13(2)15-4-7-17(8-5-15)28-14(3)20(26)24-10-11-25-21(27)16-6-9-18(22)19(23)12-16/h4-9,12-14H,10-11H2,1-3H3,(H,24,26)(H,25,27). The quantitative estimate of drug-likeness (QED) is 0.618. The second-order valence-corrected chi connectivity index (χ2v) is 7.47. The predicted octanol–water partition coefficient (Wildman–Crippen LogP) is 4.43. The Bertz CT molecular complexity index is 823. The summed E-state index contributed by atoms with van der Waals surface area (Å²) in [6.07, 6.45) is -0.643. The van der Waals surface area contributed by atoms with Crippen LogP contribution in [-0.4, -0.2) is 31.0 Å². The lowest BCUT2D eigenvalue weighted by atomic mass is 10.0. The van der Waals surface area contributed by atoms with Gasteiger partial charge in [0.2, 0.25) is 0 Å². The van der Waals surface area contributed by atoms with Gasteiger partial charge in [-0.25, -0.2) is 0 Å². The van der Waals surface area contributed by atoms with Gasteiger partial charge in [-0.1, -0.05) is 49.2 Å². The van der Waals surface area contributed by atoms with E-state index in [1.165, 1.54) is 11.6 Å². The van der Waals surface area contributed by atoms with E-state index < -0.39 is 6.10 Å². The molecule has 0 aliphatic rings. The van der Waals surface area contributed by atoms with Crippen molar-refractivity contribution in [2.45, 2.75) is 32.8 Å². The van der Waals surface area contributed by atoms with Crippen molar-refractivity contribution in [3.63, 3.8) is 0 Å². The lowest BCUT2D eigenvalue weighted by Crippen LogP contribution is -2.40. The lowest BCUT2D eigenvalue weighted by molar-refractivity contribution is -0.127. The van der Waals surface area contributed by atoms with Gasteiger partial charge in [-0.3, -0.25) is 9.59 Å². The van der Waals surface area contributed by atoms with Crippen LogP contribution >= 0.6 is 23.2 Å². The van der Waals surface area contributed by atoms with E-state index >= 15 is 0 Å². The number of nitrogens with one attached hydrogen (secondary N) is 2. The Hall–Kier alpha value is -2.24. The molecule has 0 aliphatic heterocycles. The van der Waals surface area contributed by atoms with Crippen molar-refractivity contribution in [2.75, 3.05) is 13.1 Å². The van der Waals surface area contributed by atoms with Gasteiger partial charge >= 0.3 is 0 Å². The fourth-order valence-corrected chi connectivity index (χ4v) is 2.73. The van der Waals surface area contributed by atoms with Gasteiger partial charge in [0.1, 0.15) is 5.75 Å². The summed E-state index contributed by atoms with van der Waals surface area (Å²) in [4.78, 5) is 24.2. The average Bonchev–Trinajstić information content (AvgIpc) is 2.67. The summed E-state index contributed by atoms with van der Waals surface area (Å²) in [5.74, 6) is 0.535. The van der Waals surface area contributed by atoms with E-state index in [9.17, 15) is 9.59 Å². The molecule has 2 N–H and O–H groups in total. The van der Waals surface area contributed by atoms with Crippen LogP contribution in [-0.2, 0) is 4.79 Å². The minimum Gasteiger partial charge on any atom is -0.481 e. The number of carbonyl (C=O) groups excluding carboxylic acids is 2. The van der Waals surface area contributed by atoms with Crippen LogP contribution in [0.3, 0.4) is 0 Å². The molecule has 2 amide bonds. The van der Waals surface area contributed by atoms with Crippen LogP contribution in [0.1, 0.15) is 42.6 Å². The molecule has 0 radical (unpaired) electrons. The zero-order chi connectivity index (χ0) is 20.7. The molecular weight excluding hydrogens is 399 g/mol. The summed E-state index contributed by atoms with van der Waals surface area (Å²) in [5.41, 5.74) is 1.62. The zero-order valence-electron chi connectivity index (χ0n) is 16.1. The number of halogens is 2. The van der Waals surface area contributed by atoms with Crippen LogP contribution in [0.25, 0.3) is 0 Å². The van der Waals surface area contributed by atoms with Crippen molar-refractivity contribution in [3.05, 3.63) is 63.6 Å². The highest BCUT2D eigenvalue weighted by Crippen LogP contribution is 2.22. The fraction of sp³-hybridized carbons (Fsp3) is 0.333. The number of rotatable bonds is 8. The number of hydrogen-bond donors (Lipinski definition) is 2. The first-order valence-corrected chi connectivity index (χ1v) is 9.81. The molecule has 150 valence electrons. The highest BCUT2D eigenvalue weighted by molar-refractivity contribution is 6.42. The smallest absolute Gasteiger partial charge is 0.260 e. The molecule has 0 spiro atoms. The first kappa shape index (κ1) is 22.1. The molecule has 1 unspecified atom stereocenters. The molecule has 0 fully saturated rings. The Morgan fingerprint density at radius 2 is 1.57 bits per heavy atom. The van der Waals surface area contributed by atoms with Crippen LogP contribution in [0.15, 0.2) is 42.5 Å². The van der Waals surface area contributed by atoms with Crippen LogP contribution < -0.4 is 15.4 Å². The first-order valence-electron chi connectivity index (χ1n) is 9.05. The van der Waals surface area contributed by atoms with E-state index in [1.54, 1.807) is 19.1 Å². The van der Waals surface area contributed by atoms with Crippen molar-refractivity contribution < 1.29 is 14.3 Å². The molecule has 1 atom stereocenters. The molecule has 0 aliphatic carbocycles. The highest BCUT2D eigenvalue weighted by atomic mass is 35.5. The summed E-state index contributed by atoms with van der Waals surface area (Å²) >= 11 is 11.7. The van der Waals surface area contributed by atoms with Gasteiger partial charge < -0.3 is 15.4 Å². The fourth-order valence-electron chi connectivity index (χ4n) is 2.43. The molecule has 7 heteroatoms. The van der Waals surface area contributed by atoms with Crippen LogP contribution in [0.5, 0.6) is 5.75 Å². The molecular formula is C21H24Cl2N2O3. The van der Waals surface area contributed by atoms with E-state index in [0.29, 0.717) is 27.3 Å². The van der Waals surface area contributed by atoms with Gasteiger partial charge in [0.05, 0.1) is 10.0 Å². The summed E-state index contributed by atoms with van der Waals surface area (Å²) in [6.45, 7) is 6.48. The van der Waals surface area contributed by atoms with Gasteiger partial charge in [-0.15, -0.1) is 0 Å². The monoisotopic (exact) mass is 422 g/mol. The average molecular weight is 423 g/mol. The SMILES string of the molecule is CC(Oc1ccc(C(C)C)cc1)C(=O)NCCNC(=O)c1ccc(Cl)c(Cl)c1. The number of carbonyl (C=O) groups is 2. The third-order valence-corrected chi connectivity index (χ3v) is 4.86. The minimum absolute atomic E-state index is 0.253. The largest absolute Gasteiger partial charge is 0.481 e. The Kier molecular flexibility index (Phi) is 8.15. The van der Waals surface area contributed by atoms with Crippen molar-refractivity contribution >= 4 is 35.0 Å². The van der Waals surface area contributed by atoms with Crippen molar-refractivity contribution in [1.29, 1.82) is 0 Å². The highest BCUT2D eigenvalue weighted by Gasteiger charge is 2.14. The summed E-state index contributed by atoms with van der Waals surface area (Å²) < 4.78 is 5.66. The van der Waals surface area contributed by atoms with Crippen LogP contribution in [0.2, 0.25) is 10.0 Å². The topological polar surface area (TPSA) is 67.4 Å². The molecule has 2 aromatic rings. The molecule has 28 heavy (non-hydrogen) atoms. The number of amides is 2. The van der Waals surface area contributed by atoms with Crippen molar-refractivity contribution in [3.8, 4) is 5.75 Å². The normalized spacial score (nSPS) is 11.8. The number of ether oxygens (including phenoxy) is 1. The molecule has 0 aromatic heterocycles. The van der Waals surface area contributed by atoms with E-state index in [1.807, 2.05) is 24.3 Å². The van der Waals surface area contributed by atoms with E-state index in [-0.39, 0.29) is 24.9 Å². The second kappa shape index (κ2) is 10.3. The Morgan fingerprint density at radius 1 is 0.929 bits per heavy atom. The predicted molar refractivity (Wildman–Crippen MR) is 112 cm³/mol. The molecule has 0 saturated carbocycles. The van der Waals surface area contributed by atoms with Gasteiger partial charge in [-0.05, 0) is 48.7 Å². The third kappa shape index (κ3) is 6.43. The lowest BCUT2D eigenvalue weighted by Gasteiger charge is -2.15. The minimum atomic E-state index is -0.643. The number of benzene rings is 2. The Morgan fingerprint density at radius 3 is 2.18 bits per heavy atom. The zero-order valence-corrected chi connectivity index (χ0v) is 17.6. The Labute approximate surface area is 175 Å². The maximum absolute atomic E-state index is 12.1. The van der Waals surface area contributed by atoms with Gasteiger partial charge in [0.15, 0.2) is 6.10 Å². The number of hydrogen-bond acceptors (Lipinski definition) is 3. The van der Waals surface area contributed by atoms with E-state index in [0.717, 1.165) is 0 Å². The maximum Gasteiger partial charge on any atom is 0.260 e. The summed E-state index contributed by atoms with van der Waals surface area (Å²) in [6, 6.07) is 12.3.